The second-order valence-corrected chi connectivity index (χ2v) is 5.83. The summed E-state index contributed by atoms with van der Waals surface area (Å²) in [4.78, 5) is 11.6. The summed E-state index contributed by atoms with van der Waals surface area (Å²) in [6.07, 6.45) is 2.31. The van der Waals surface area contributed by atoms with Crippen LogP contribution in [0.5, 0.6) is 0 Å². The molecule has 0 bridgehead atoms. The molecule has 0 aromatic rings. The van der Waals surface area contributed by atoms with Crippen LogP contribution >= 0.6 is 0 Å². The van der Waals surface area contributed by atoms with E-state index in [0.29, 0.717) is 18.9 Å². The molecule has 0 fully saturated rings. The molecule has 102 valence electrons. The van der Waals surface area contributed by atoms with Crippen LogP contribution in [0.2, 0.25) is 0 Å². The van der Waals surface area contributed by atoms with Gasteiger partial charge in [0.15, 0.2) is 0 Å². The third kappa shape index (κ3) is 7.34. The van der Waals surface area contributed by atoms with Crippen LogP contribution in [-0.4, -0.2) is 30.2 Å². The Morgan fingerprint density at radius 2 is 1.94 bits per heavy atom. The quantitative estimate of drug-likeness (QED) is 0.631. The normalized spacial score (nSPS) is 15.4. The molecule has 1 amide bonds. The summed E-state index contributed by atoms with van der Waals surface area (Å²) in [7, 11) is 0. The SMILES string of the molecule is C[C@H](CO)NC(=O)CCC(CCN)C(C)(C)C. The Hall–Kier alpha value is -0.610. The van der Waals surface area contributed by atoms with E-state index in [1.54, 1.807) is 6.92 Å². The average Bonchev–Trinajstić information content (AvgIpc) is 2.22. The van der Waals surface area contributed by atoms with Crippen LogP contribution < -0.4 is 11.1 Å². The highest BCUT2D eigenvalue weighted by atomic mass is 16.3. The minimum absolute atomic E-state index is 0.0119. The summed E-state index contributed by atoms with van der Waals surface area (Å²) >= 11 is 0. The average molecular weight is 244 g/mol. The summed E-state index contributed by atoms with van der Waals surface area (Å²) in [5.41, 5.74) is 5.78. The molecule has 0 saturated carbocycles. The largest absolute Gasteiger partial charge is 0.394 e. The van der Waals surface area contributed by atoms with Gasteiger partial charge in [0.1, 0.15) is 0 Å². The van der Waals surface area contributed by atoms with Gasteiger partial charge >= 0.3 is 0 Å². The molecular formula is C13H28N2O2. The van der Waals surface area contributed by atoms with Gasteiger partial charge in [0.25, 0.3) is 0 Å². The first-order valence-corrected chi connectivity index (χ1v) is 6.41. The second kappa shape index (κ2) is 7.67. The number of carbonyl (C=O) groups excluding carboxylic acids is 1. The Labute approximate surface area is 105 Å². The van der Waals surface area contributed by atoms with Gasteiger partial charge in [-0.1, -0.05) is 20.8 Å². The number of aliphatic hydroxyl groups is 1. The highest BCUT2D eigenvalue weighted by Gasteiger charge is 2.24. The van der Waals surface area contributed by atoms with E-state index in [4.69, 9.17) is 10.8 Å². The third-order valence-corrected chi connectivity index (χ3v) is 3.14. The topological polar surface area (TPSA) is 75.3 Å². The van der Waals surface area contributed by atoms with Crippen molar-refractivity contribution in [3.05, 3.63) is 0 Å². The van der Waals surface area contributed by atoms with Gasteiger partial charge in [0, 0.05) is 12.5 Å². The van der Waals surface area contributed by atoms with Crippen molar-refractivity contribution in [3.8, 4) is 0 Å². The summed E-state index contributed by atoms with van der Waals surface area (Å²) in [6.45, 7) is 8.98. The lowest BCUT2D eigenvalue weighted by molar-refractivity contribution is -0.122. The fourth-order valence-electron chi connectivity index (χ4n) is 1.91. The van der Waals surface area contributed by atoms with E-state index in [2.05, 4.69) is 26.1 Å². The Morgan fingerprint density at radius 1 is 1.35 bits per heavy atom. The molecule has 0 radical (unpaired) electrons. The van der Waals surface area contributed by atoms with Gasteiger partial charge in [0.05, 0.1) is 6.61 Å². The highest BCUT2D eigenvalue weighted by Crippen LogP contribution is 2.31. The molecule has 4 nitrogen and oxygen atoms in total. The van der Waals surface area contributed by atoms with Crippen LogP contribution in [0.15, 0.2) is 0 Å². The number of carbonyl (C=O) groups is 1. The molecule has 0 aliphatic heterocycles. The van der Waals surface area contributed by atoms with E-state index in [9.17, 15) is 4.79 Å². The van der Waals surface area contributed by atoms with Crippen LogP contribution in [0.3, 0.4) is 0 Å². The van der Waals surface area contributed by atoms with E-state index < -0.39 is 0 Å². The van der Waals surface area contributed by atoms with Crippen molar-refractivity contribution in [1.82, 2.24) is 5.32 Å². The summed E-state index contributed by atoms with van der Waals surface area (Å²) in [5, 5.41) is 11.6. The van der Waals surface area contributed by atoms with Crippen LogP contribution in [0, 0.1) is 11.3 Å². The molecule has 0 spiro atoms. The molecule has 2 atom stereocenters. The first kappa shape index (κ1) is 16.4. The van der Waals surface area contributed by atoms with Gasteiger partial charge in [-0.15, -0.1) is 0 Å². The van der Waals surface area contributed by atoms with Crippen molar-refractivity contribution in [2.24, 2.45) is 17.1 Å². The van der Waals surface area contributed by atoms with Crippen molar-refractivity contribution in [2.75, 3.05) is 13.2 Å². The standard InChI is InChI=1S/C13H28N2O2/c1-10(9-16)15-12(17)6-5-11(7-8-14)13(2,3)4/h10-11,16H,5-9,14H2,1-4H3,(H,15,17)/t10-,11?/m1/s1. The minimum Gasteiger partial charge on any atom is -0.394 e. The molecule has 4 heteroatoms. The lowest BCUT2D eigenvalue weighted by Gasteiger charge is -2.30. The number of hydrogen-bond donors (Lipinski definition) is 3. The Morgan fingerprint density at radius 3 is 2.35 bits per heavy atom. The van der Waals surface area contributed by atoms with Gasteiger partial charge in [-0.2, -0.15) is 0 Å². The van der Waals surface area contributed by atoms with E-state index >= 15 is 0 Å². The summed E-state index contributed by atoms with van der Waals surface area (Å²) < 4.78 is 0. The molecule has 0 aromatic carbocycles. The molecule has 0 rings (SSSR count). The van der Waals surface area contributed by atoms with Crippen LogP contribution in [0.1, 0.15) is 47.0 Å². The molecule has 17 heavy (non-hydrogen) atoms. The maximum Gasteiger partial charge on any atom is 0.220 e. The first-order valence-electron chi connectivity index (χ1n) is 6.41. The van der Waals surface area contributed by atoms with Gasteiger partial charge in [-0.3, -0.25) is 4.79 Å². The number of aliphatic hydroxyl groups excluding tert-OH is 1. The van der Waals surface area contributed by atoms with Crippen LogP contribution in [0.4, 0.5) is 0 Å². The molecule has 0 heterocycles. The Kier molecular flexibility index (Phi) is 7.39. The maximum absolute atomic E-state index is 11.6. The molecule has 0 saturated heterocycles. The second-order valence-electron chi connectivity index (χ2n) is 5.83. The maximum atomic E-state index is 11.6. The zero-order valence-corrected chi connectivity index (χ0v) is 11.6. The fraction of sp³-hybridized carbons (Fsp3) is 0.923. The van der Waals surface area contributed by atoms with Gasteiger partial charge in [-0.25, -0.2) is 0 Å². The third-order valence-electron chi connectivity index (χ3n) is 3.14. The van der Waals surface area contributed by atoms with Crippen LogP contribution in [0.25, 0.3) is 0 Å². The number of nitrogens with one attached hydrogen (secondary N) is 1. The fourth-order valence-corrected chi connectivity index (χ4v) is 1.91. The Bertz CT molecular complexity index is 224. The number of nitrogens with two attached hydrogens (primary N) is 1. The van der Waals surface area contributed by atoms with E-state index in [1.807, 2.05) is 0 Å². The smallest absolute Gasteiger partial charge is 0.220 e. The van der Waals surface area contributed by atoms with Gasteiger partial charge in [-0.05, 0) is 37.6 Å². The monoisotopic (exact) mass is 244 g/mol. The predicted molar refractivity (Wildman–Crippen MR) is 70.5 cm³/mol. The highest BCUT2D eigenvalue weighted by molar-refractivity contribution is 5.76. The van der Waals surface area contributed by atoms with E-state index in [1.165, 1.54) is 0 Å². The number of rotatable bonds is 7. The molecule has 1 unspecified atom stereocenters. The summed E-state index contributed by atoms with van der Waals surface area (Å²) in [6, 6.07) is -0.162. The van der Waals surface area contributed by atoms with Gasteiger partial charge in [0.2, 0.25) is 5.91 Å². The molecule has 0 aliphatic carbocycles. The van der Waals surface area contributed by atoms with Crippen LogP contribution in [-0.2, 0) is 4.79 Å². The molecule has 0 aromatic heterocycles. The van der Waals surface area contributed by atoms with Crippen molar-refractivity contribution >= 4 is 5.91 Å². The number of amides is 1. The van der Waals surface area contributed by atoms with Crippen molar-refractivity contribution in [3.63, 3.8) is 0 Å². The zero-order chi connectivity index (χ0) is 13.5. The van der Waals surface area contributed by atoms with E-state index in [0.717, 1.165) is 12.8 Å². The first-order chi connectivity index (χ1) is 7.81. The van der Waals surface area contributed by atoms with E-state index in [-0.39, 0.29) is 24.0 Å². The van der Waals surface area contributed by atoms with Crippen molar-refractivity contribution < 1.29 is 9.90 Å². The summed E-state index contributed by atoms with van der Waals surface area (Å²) in [5.74, 6) is 0.473. The molecule has 4 N–H and O–H groups in total. The zero-order valence-electron chi connectivity index (χ0n) is 11.6. The van der Waals surface area contributed by atoms with Gasteiger partial charge < -0.3 is 16.2 Å². The van der Waals surface area contributed by atoms with Crippen molar-refractivity contribution in [1.29, 1.82) is 0 Å². The predicted octanol–water partition coefficient (Wildman–Crippen LogP) is 1.27. The minimum atomic E-state index is -0.162. The Balaban J connectivity index is 4.09. The molecular weight excluding hydrogens is 216 g/mol. The lowest BCUT2D eigenvalue weighted by atomic mass is 9.76. The lowest BCUT2D eigenvalue weighted by Crippen LogP contribution is -2.35. The number of hydrogen-bond acceptors (Lipinski definition) is 3. The van der Waals surface area contributed by atoms with Crippen molar-refractivity contribution in [2.45, 2.75) is 53.0 Å². The molecule has 0 aliphatic rings.